The number of nitrogens with zero attached hydrogens (tertiary/aromatic N) is 2. The maximum atomic E-state index is 11.4. The summed E-state index contributed by atoms with van der Waals surface area (Å²) in [5.41, 5.74) is 1.10. The standard InChI is InChI=1S/C14H15BrN2O2/c1-3-12(9(2)18)14-16-13(17-19-14)8-10-4-6-11(15)7-5-10/h4-7,12H,3,8H2,1-2H3. The minimum atomic E-state index is -0.286. The predicted octanol–water partition coefficient (Wildman–Crippen LogP) is 3.51. The Bertz CT molecular complexity index is 563. The van der Waals surface area contributed by atoms with E-state index in [1.807, 2.05) is 31.2 Å². The number of hydrogen-bond acceptors (Lipinski definition) is 4. The van der Waals surface area contributed by atoms with Crippen LogP contribution in [-0.4, -0.2) is 15.9 Å². The Hall–Kier alpha value is -1.49. The molecule has 5 heteroatoms. The Morgan fingerprint density at radius 3 is 2.63 bits per heavy atom. The maximum Gasteiger partial charge on any atom is 0.237 e. The van der Waals surface area contributed by atoms with Crippen molar-refractivity contribution < 1.29 is 9.32 Å². The molecule has 100 valence electrons. The van der Waals surface area contributed by atoms with Gasteiger partial charge in [-0.2, -0.15) is 4.98 Å². The summed E-state index contributed by atoms with van der Waals surface area (Å²) in [4.78, 5) is 15.8. The van der Waals surface area contributed by atoms with Crippen LogP contribution in [0.3, 0.4) is 0 Å². The molecule has 1 aromatic carbocycles. The average Bonchev–Trinajstić information content (AvgIpc) is 2.81. The van der Waals surface area contributed by atoms with Gasteiger partial charge in [-0.05, 0) is 31.0 Å². The first-order valence-electron chi connectivity index (χ1n) is 6.17. The summed E-state index contributed by atoms with van der Waals surface area (Å²) in [5.74, 6) is 0.798. The van der Waals surface area contributed by atoms with Crippen LogP contribution in [0.15, 0.2) is 33.3 Å². The highest BCUT2D eigenvalue weighted by Crippen LogP contribution is 2.19. The number of aromatic nitrogens is 2. The van der Waals surface area contributed by atoms with Crippen LogP contribution in [0.2, 0.25) is 0 Å². The molecule has 0 saturated carbocycles. The van der Waals surface area contributed by atoms with Gasteiger partial charge in [0.1, 0.15) is 5.78 Å². The number of benzene rings is 1. The molecule has 0 aliphatic heterocycles. The highest BCUT2D eigenvalue weighted by atomic mass is 79.9. The van der Waals surface area contributed by atoms with Crippen LogP contribution in [0, 0.1) is 0 Å². The monoisotopic (exact) mass is 322 g/mol. The van der Waals surface area contributed by atoms with Gasteiger partial charge in [0.15, 0.2) is 5.82 Å². The first-order chi connectivity index (χ1) is 9.10. The lowest BCUT2D eigenvalue weighted by Crippen LogP contribution is -2.08. The molecule has 19 heavy (non-hydrogen) atoms. The Labute approximate surface area is 120 Å². The van der Waals surface area contributed by atoms with E-state index in [1.54, 1.807) is 6.92 Å². The third-order valence-electron chi connectivity index (χ3n) is 2.96. The van der Waals surface area contributed by atoms with Gasteiger partial charge in [0.25, 0.3) is 0 Å². The second-order valence-corrected chi connectivity index (χ2v) is 5.34. The van der Waals surface area contributed by atoms with Crippen LogP contribution >= 0.6 is 15.9 Å². The van der Waals surface area contributed by atoms with Gasteiger partial charge in [0, 0.05) is 10.9 Å². The average molecular weight is 323 g/mol. The Balaban J connectivity index is 2.13. The Morgan fingerprint density at radius 1 is 1.37 bits per heavy atom. The van der Waals surface area contributed by atoms with Crippen molar-refractivity contribution in [2.45, 2.75) is 32.6 Å². The van der Waals surface area contributed by atoms with E-state index >= 15 is 0 Å². The number of halogens is 1. The third kappa shape index (κ3) is 3.50. The van der Waals surface area contributed by atoms with Crippen LogP contribution in [0.4, 0.5) is 0 Å². The summed E-state index contributed by atoms with van der Waals surface area (Å²) in [6.45, 7) is 3.48. The van der Waals surface area contributed by atoms with E-state index in [9.17, 15) is 4.79 Å². The third-order valence-corrected chi connectivity index (χ3v) is 3.49. The van der Waals surface area contributed by atoms with Gasteiger partial charge in [-0.3, -0.25) is 4.79 Å². The molecular formula is C14H15BrN2O2. The van der Waals surface area contributed by atoms with Gasteiger partial charge in [-0.1, -0.05) is 40.1 Å². The van der Waals surface area contributed by atoms with Gasteiger partial charge >= 0.3 is 0 Å². The van der Waals surface area contributed by atoms with Crippen molar-refractivity contribution in [2.75, 3.05) is 0 Å². The summed E-state index contributed by atoms with van der Waals surface area (Å²) in [5, 5.41) is 3.94. The zero-order chi connectivity index (χ0) is 13.8. The van der Waals surface area contributed by atoms with E-state index in [4.69, 9.17) is 4.52 Å². The normalized spacial score (nSPS) is 12.4. The van der Waals surface area contributed by atoms with E-state index in [-0.39, 0.29) is 11.7 Å². The first-order valence-corrected chi connectivity index (χ1v) is 6.96. The fourth-order valence-electron chi connectivity index (χ4n) is 1.90. The minimum Gasteiger partial charge on any atom is -0.339 e. The van der Waals surface area contributed by atoms with Crippen molar-refractivity contribution in [3.8, 4) is 0 Å². The van der Waals surface area contributed by atoms with E-state index in [1.165, 1.54) is 0 Å². The quantitative estimate of drug-likeness (QED) is 0.845. The van der Waals surface area contributed by atoms with Gasteiger partial charge in [0.05, 0.1) is 5.92 Å². The molecule has 2 rings (SSSR count). The van der Waals surface area contributed by atoms with Gasteiger partial charge < -0.3 is 4.52 Å². The van der Waals surface area contributed by atoms with Crippen LogP contribution in [-0.2, 0) is 11.2 Å². The van der Waals surface area contributed by atoms with Crippen molar-refractivity contribution in [2.24, 2.45) is 0 Å². The molecule has 0 bridgehead atoms. The van der Waals surface area contributed by atoms with Crippen LogP contribution in [0.5, 0.6) is 0 Å². The Kier molecular flexibility index (Phi) is 4.47. The largest absolute Gasteiger partial charge is 0.339 e. The lowest BCUT2D eigenvalue weighted by atomic mass is 10.0. The fraction of sp³-hybridized carbons (Fsp3) is 0.357. The number of ketones is 1. The summed E-state index contributed by atoms with van der Waals surface area (Å²) in [6.07, 6.45) is 1.28. The number of carbonyl (C=O) groups excluding carboxylic acids is 1. The van der Waals surface area contributed by atoms with E-state index in [2.05, 4.69) is 26.1 Å². The molecule has 1 atom stereocenters. The molecule has 0 amide bonds. The van der Waals surface area contributed by atoms with Crippen molar-refractivity contribution >= 4 is 21.7 Å². The summed E-state index contributed by atoms with van der Waals surface area (Å²) in [7, 11) is 0. The molecule has 1 unspecified atom stereocenters. The lowest BCUT2D eigenvalue weighted by Gasteiger charge is -2.03. The fourth-order valence-corrected chi connectivity index (χ4v) is 2.17. The molecule has 0 N–H and O–H groups in total. The molecule has 4 nitrogen and oxygen atoms in total. The molecule has 1 aromatic heterocycles. The molecule has 0 saturated heterocycles. The second kappa shape index (κ2) is 6.10. The summed E-state index contributed by atoms with van der Waals surface area (Å²) in [6, 6.07) is 7.95. The molecule has 0 aliphatic carbocycles. The topological polar surface area (TPSA) is 56.0 Å². The van der Waals surface area contributed by atoms with Crippen molar-refractivity contribution in [3.05, 3.63) is 46.0 Å². The molecule has 0 aliphatic rings. The van der Waals surface area contributed by atoms with Crippen molar-refractivity contribution in [1.29, 1.82) is 0 Å². The molecule has 0 spiro atoms. The van der Waals surface area contributed by atoms with Gasteiger partial charge in [-0.15, -0.1) is 0 Å². The number of hydrogen-bond donors (Lipinski definition) is 0. The van der Waals surface area contributed by atoms with Crippen LogP contribution in [0.25, 0.3) is 0 Å². The predicted molar refractivity (Wildman–Crippen MR) is 75.0 cm³/mol. The van der Waals surface area contributed by atoms with Crippen LogP contribution < -0.4 is 0 Å². The Morgan fingerprint density at radius 2 is 2.05 bits per heavy atom. The van der Waals surface area contributed by atoms with E-state index < -0.39 is 0 Å². The van der Waals surface area contributed by atoms with E-state index in [0.29, 0.717) is 24.6 Å². The highest BCUT2D eigenvalue weighted by molar-refractivity contribution is 9.10. The van der Waals surface area contributed by atoms with E-state index in [0.717, 1.165) is 10.0 Å². The molecule has 2 aromatic rings. The zero-order valence-electron chi connectivity index (χ0n) is 10.9. The zero-order valence-corrected chi connectivity index (χ0v) is 12.5. The number of rotatable bonds is 5. The van der Waals surface area contributed by atoms with Crippen molar-refractivity contribution in [1.82, 2.24) is 10.1 Å². The van der Waals surface area contributed by atoms with Gasteiger partial charge in [-0.25, -0.2) is 0 Å². The molecule has 0 radical (unpaired) electrons. The lowest BCUT2D eigenvalue weighted by molar-refractivity contribution is -0.119. The second-order valence-electron chi connectivity index (χ2n) is 4.42. The number of carbonyl (C=O) groups is 1. The highest BCUT2D eigenvalue weighted by Gasteiger charge is 2.21. The smallest absolute Gasteiger partial charge is 0.237 e. The first kappa shape index (κ1) is 13.9. The molecule has 0 fully saturated rings. The maximum absolute atomic E-state index is 11.4. The number of Topliss-reactive ketones (excluding diaryl/α,β-unsaturated/α-hetero) is 1. The minimum absolute atomic E-state index is 0.0568. The molecular weight excluding hydrogens is 308 g/mol. The van der Waals surface area contributed by atoms with Crippen molar-refractivity contribution in [3.63, 3.8) is 0 Å². The SMILES string of the molecule is CCC(C(C)=O)c1nc(Cc2ccc(Br)cc2)no1. The van der Waals surface area contributed by atoms with Crippen LogP contribution in [0.1, 0.15) is 43.5 Å². The van der Waals surface area contributed by atoms with Gasteiger partial charge in [0.2, 0.25) is 5.89 Å². The summed E-state index contributed by atoms with van der Waals surface area (Å²) < 4.78 is 6.22. The molecule has 1 heterocycles. The summed E-state index contributed by atoms with van der Waals surface area (Å²) >= 11 is 3.39.